The molecular weight excluding hydrogens is 203 g/mol. The van der Waals surface area contributed by atoms with Crippen molar-refractivity contribution in [2.24, 2.45) is 5.92 Å². The van der Waals surface area contributed by atoms with Crippen LogP contribution >= 0.6 is 11.6 Å². The van der Waals surface area contributed by atoms with Crippen LogP contribution in [0.3, 0.4) is 0 Å². The van der Waals surface area contributed by atoms with E-state index >= 15 is 0 Å². The van der Waals surface area contributed by atoms with E-state index in [4.69, 9.17) is 16.9 Å². The summed E-state index contributed by atoms with van der Waals surface area (Å²) in [7, 11) is 0. The second kappa shape index (κ2) is 4.52. The van der Waals surface area contributed by atoms with Crippen LogP contribution in [0.15, 0.2) is 10.6 Å². The predicted molar refractivity (Wildman–Crippen MR) is 44.0 cm³/mol. The Hall–Kier alpha value is -0.690. The van der Waals surface area contributed by atoms with Crippen molar-refractivity contribution in [3.05, 3.63) is 10.6 Å². The van der Waals surface area contributed by atoms with Crippen molar-refractivity contribution in [1.29, 1.82) is 5.26 Å². The molecule has 0 radical (unpaired) electrons. The van der Waals surface area contributed by atoms with Crippen molar-refractivity contribution < 1.29 is 13.2 Å². The highest BCUT2D eigenvalue weighted by molar-refractivity contribution is 6.32. The third kappa shape index (κ3) is 3.27. The molecule has 0 N–H and O–H groups in total. The molecule has 0 aromatic heterocycles. The molecule has 74 valence electrons. The molecule has 0 aromatic carbocycles. The van der Waals surface area contributed by atoms with Crippen molar-refractivity contribution >= 4 is 11.6 Å². The van der Waals surface area contributed by atoms with E-state index in [0.717, 1.165) is 0 Å². The second-order valence-electron chi connectivity index (χ2n) is 2.65. The molecule has 0 saturated carbocycles. The van der Waals surface area contributed by atoms with Crippen LogP contribution in [-0.2, 0) is 0 Å². The molecule has 1 nitrogen and oxygen atoms in total. The minimum Gasteiger partial charge on any atom is -0.191 e. The van der Waals surface area contributed by atoms with Crippen LogP contribution in [0.1, 0.15) is 20.3 Å². The predicted octanol–water partition coefficient (Wildman–Crippen LogP) is 3.61. The van der Waals surface area contributed by atoms with E-state index in [1.54, 1.807) is 6.92 Å². The van der Waals surface area contributed by atoms with Gasteiger partial charge in [-0.05, 0) is 12.3 Å². The highest BCUT2D eigenvalue weighted by Gasteiger charge is 2.38. The summed E-state index contributed by atoms with van der Waals surface area (Å²) in [5, 5.41) is 7.51. The highest BCUT2D eigenvalue weighted by atomic mass is 35.5. The molecule has 1 unspecified atom stereocenters. The summed E-state index contributed by atoms with van der Waals surface area (Å²) in [5.74, 6) is -0.743. The van der Waals surface area contributed by atoms with E-state index < -0.39 is 22.7 Å². The maximum atomic E-state index is 12.3. The van der Waals surface area contributed by atoms with Gasteiger partial charge >= 0.3 is 6.18 Å². The van der Waals surface area contributed by atoms with Gasteiger partial charge in [0, 0.05) is 0 Å². The van der Waals surface area contributed by atoms with Gasteiger partial charge in [0.1, 0.15) is 11.1 Å². The van der Waals surface area contributed by atoms with Gasteiger partial charge in [0.2, 0.25) is 0 Å². The Kier molecular flexibility index (Phi) is 4.28. The average Bonchev–Trinajstić information content (AvgIpc) is 2.01. The summed E-state index contributed by atoms with van der Waals surface area (Å²) in [6.45, 7) is 3.00. The van der Waals surface area contributed by atoms with Gasteiger partial charge in [-0.3, -0.25) is 0 Å². The van der Waals surface area contributed by atoms with Gasteiger partial charge in [-0.2, -0.15) is 18.4 Å². The Labute approximate surface area is 79.8 Å². The first kappa shape index (κ1) is 12.3. The molecule has 0 spiro atoms. The van der Waals surface area contributed by atoms with Gasteiger partial charge in [-0.1, -0.05) is 25.4 Å². The van der Waals surface area contributed by atoms with Gasteiger partial charge in [0.05, 0.1) is 5.57 Å². The van der Waals surface area contributed by atoms with Crippen LogP contribution in [0.5, 0.6) is 0 Å². The van der Waals surface area contributed by atoms with Crippen molar-refractivity contribution in [3.8, 4) is 6.07 Å². The molecule has 0 rings (SSSR count). The van der Waals surface area contributed by atoms with E-state index in [1.807, 2.05) is 0 Å². The number of nitrogens with zero attached hydrogens (tertiary/aromatic N) is 1. The first-order valence-electron chi connectivity index (χ1n) is 3.71. The molecule has 0 aliphatic rings. The number of hydrogen-bond donors (Lipinski definition) is 0. The number of alkyl halides is 3. The lowest BCUT2D eigenvalue weighted by Crippen LogP contribution is -2.19. The fourth-order valence-electron chi connectivity index (χ4n) is 0.885. The third-order valence-corrected chi connectivity index (χ3v) is 2.03. The van der Waals surface area contributed by atoms with E-state index in [2.05, 4.69) is 0 Å². The van der Waals surface area contributed by atoms with Gasteiger partial charge < -0.3 is 0 Å². The zero-order chi connectivity index (χ0) is 10.6. The maximum Gasteiger partial charge on any atom is 0.415 e. The van der Waals surface area contributed by atoms with Crippen molar-refractivity contribution in [2.75, 3.05) is 0 Å². The lowest BCUT2D eigenvalue weighted by atomic mass is 9.98. The Balaban J connectivity index is 5.14. The van der Waals surface area contributed by atoms with Crippen molar-refractivity contribution in [1.82, 2.24) is 0 Å². The average molecular weight is 212 g/mol. The number of allylic oxidation sites excluding steroid dienone is 2. The second-order valence-corrected chi connectivity index (χ2v) is 3.02. The first-order valence-corrected chi connectivity index (χ1v) is 4.09. The minimum atomic E-state index is -4.51. The summed E-state index contributed by atoms with van der Waals surface area (Å²) in [4.78, 5) is 0. The molecule has 0 fully saturated rings. The topological polar surface area (TPSA) is 23.8 Å². The summed E-state index contributed by atoms with van der Waals surface area (Å²) >= 11 is 5.19. The monoisotopic (exact) mass is 211 g/mol. The molecule has 0 amide bonds. The molecule has 0 aliphatic heterocycles. The fraction of sp³-hybridized carbons (Fsp3) is 0.625. The Bertz CT molecular complexity index is 249. The molecular formula is C8H9ClF3N. The molecule has 0 saturated heterocycles. The molecule has 0 aromatic rings. The van der Waals surface area contributed by atoms with Gasteiger partial charge in [0.15, 0.2) is 0 Å². The third-order valence-electron chi connectivity index (χ3n) is 1.75. The number of nitriles is 1. The van der Waals surface area contributed by atoms with Crippen LogP contribution in [0.4, 0.5) is 13.2 Å². The lowest BCUT2D eigenvalue weighted by Gasteiger charge is -2.16. The van der Waals surface area contributed by atoms with Crippen molar-refractivity contribution in [3.63, 3.8) is 0 Å². The Morgan fingerprint density at radius 3 is 2.23 bits per heavy atom. The first-order chi connectivity index (χ1) is 5.84. The fourth-order valence-corrected chi connectivity index (χ4v) is 1.18. The highest BCUT2D eigenvalue weighted by Crippen LogP contribution is 2.36. The van der Waals surface area contributed by atoms with Crippen LogP contribution in [-0.4, -0.2) is 6.18 Å². The Morgan fingerprint density at radius 2 is 2.00 bits per heavy atom. The smallest absolute Gasteiger partial charge is 0.191 e. The largest absolute Gasteiger partial charge is 0.415 e. The van der Waals surface area contributed by atoms with E-state index in [9.17, 15) is 13.2 Å². The number of rotatable bonds is 2. The van der Waals surface area contributed by atoms with E-state index in [0.29, 0.717) is 6.42 Å². The summed E-state index contributed by atoms with van der Waals surface area (Å²) in [5.41, 5.74) is -0.931. The zero-order valence-electron chi connectivity index (χ0n) is 7.24. The summed E-state index contributed by atoms with van der Waals surface area (Å²) in [6, 6.07) is 1.31. The van der Waals surface area contributed by atoms with E-state index in [1.165, 1.54) is 13.0 Å². The van der Waals surface area contributed by atoms with Crippen molar-refractivity contribution in [2.45, 2.75) is 26.4 Å². The van der Waals surface area contributed by atoms with Gasteiger partial charge in [-0.15, -0.1) is 0 Å². The molecule has 5 heteroatoms. The molecule has 0 bridgehead atoms. The zero-order valence-corrected chi connectivity index (χ0v) is 8.00. The standard InChI is InChI=1S/C8H9ClF3N/c1-3-5(2)7(6(9)4-13)8(10,11)12/h5H,3H2,1-2H3/b7-6-. The molecule has 13 heavy (non-hydrogen) atoms. The molecule has 0 heterocycles. The van der Waals surface area contributed by atoms with Crippen LogP contribution in [0.2, 0.25) is 0 Å². The number of hydrogen-bond acceptors (Lipinski definition) is 1. The SMILES string of the molecule is CCC(C)/C(=C(/Cl)C#N)C(F)(F)F. The maximum absolute atomic E-state index is 12.3. The van der Waals surface area contributed by atoms with Gasteiger partial charge in [-0.25, -0.2) is 0 Å². The van der Waals surface area contributed by atoms with E-state index in [-0.39, 0.29) is 0 Å². The molecule has 1 atom stereocenters. The van der Waals surface area contributed by atoms with Crippen LogP contribution in [0.25, 0.3) is 0 Å². The summed E-state index contributed by atoms with van der Waals surface area (Å²) < 4.78 is 36.9. The Morgan fingerprint density at radius 1 is 1.54 bits per heavy atom. The molecule has 0 aliphatic carbocycles. The normalized spacial score (nSPS) is 16.1. The quantitative estimate of drug-likeness (QED) is 0.640. The number of halogens is 4. The summed E-state index contributed by atoms with van der Waals surface area (Å²) in [6.07, 6.45) is -4.21. The van der Waals surface area contributed by atoms with Gasteiger partial charge in [0.25, 0.3) is 0 Å². The van der Waals surface area contributed by atoms with Crippen LogP contribution < -0.4 is 0 Å². The minimum absolute atomic E-state index is 0.298. The van der Waals surface area contributed by atoms with Crippen LogP contribution in [0, 0.1) is 17.2 Å². The lowest BCUT2D eigenvalue weighted by molar-refractivity contribution is -0.0986.